The quantitative estimate of drug-likeness (QED) is 0.421. The third-order valence-electron chi connectivity index (χ3n) is 1.86. The van der Waals surface area contributed by atoms with Gasteiger partial charge in [0.1, 0.15) is 30.0 Å². The number of ether oxygens (including phenoxy) is 1. The highest BCUT2D eigenvalue weighted by Gasteiger charge is 2.33. The third-order valence-corrected chi connectivity index (χ3v) is 2.32. The van der Waals surface area contributed by atoms with Crippen molar-refractivity contribution >= 4 is 16.4 Å². The van der Waals surface area contributed by atoms with E-state index in [9.17, 15) is 28.0 Å². The molecular weight excluding hydrogens is 244 g/mol. The Morgan fingerprint density at radius 1 is 1.62 bits per heavy atom. The molecule has 0 aromatic carbocycles. The minimum atomic E-state index is -5.01. The summed E-state index contributed by atoms with van der Waals surface area (Å²) >= 11 is 0. The first kappa shape index (κ1) is 12.9. The van der Waals surface area contributed by atoms with Crippen molar-refractivity contribution in [2.45, 2.75) is 25.2 Å². The fourth-order valence-corrected chi connectivity index (χ4v) is 1.76. The van der Waals surface area contributed by atoms with E-state index in [1.165, 1.54) is 6.92 Å². The maximum atomic E-state index is 10.4. The van der Waals surface area contributed by atoms with Gasteiger partial charge in [0.15, 0.2) is 0 Å². The van der Waals surface area contributed by atoms with E-state index in [4.69, 9.17) is 0 Å². The van der Waals surface area contributed by atoms with E-state index in [-0.39, 0.29) is 0 Å². The van der Waals surface area contributed by atoms with Gasteiger partial charge < -0.3 is 24.3 Å². The van der Waals surface area contributed by atoms with Crippen LogP contribution in [-0.2, 0) is 24.1 Å². The Morgan fingerprint density at radius 3 is 2.56 bits per heavy atom. The van der Waals surface area contributed by atoms with Gasteiger partial charge in [-0.15, -0.1) is 0 Å². The zero-order valence-corrected chi connectivity index (χ0v) is 8.84. The molecule has 0 spiro atoms. The fourth-order valence-electron chi connectivity index (χ4n) is 1.22. The maximum Gasteiger partial charge on any atom is 0.218 e. The smallest absolute Gasteiger partial charge is 0.218 e. The van der Waals surface area contributed by atoms with Gasteiger partial charge in [0.25, 0.3) is 0 Å². The molecule has 0 aliphatic carbocycles. The summed E-state index contributed by atoms with van der Waals surface area (Å²) in [6.07, 6.45) is -3.48. The van der Waals surface area contributed by atoms with Crippen LogP contribution >= 0.6 is 0 Å². The Hall–Kier alpha value is -1.16. The lowest BCUT2D eigenvalue weighted by molar-refractivity contribution is -0.304. The van der Waals surface area contributed by atoms with Gasteiger partial charge in [0, 0.05) is 0 Å². The van der Waals surface area contributed by atoms with E-state index in [1.54, 1.807) is 0 Å². The lowest BCUT2D eigenvalue weighted by Gasteiger charge is -2.33. The summed E-state index contributed by atoms with van der Waals surface area (Å²) < 4.78 is 39.6. The van der Waals surface area contributed by atoms with E-state index >= 15 is 0 Å². The highest BCUT2D eigenvalue weighted by molar-refractivity contribution is 7.80. The molecule has 0 fully saturated rings. The molecule has 3 atom stereocenters. The van der Waals surface area contributed by atoms with Gasteiger partial charge in [-0.2, -0.15) is 0 Å². The van der Waals surface area contributed by atoms with Crippen molar-refractivity contribution in [3.8, 4) is 0 Å². The SMILES string of the molecule is C[C@@H]1OC(C(=O)[O-])=C[C@@H](O)C1OS(=O)(=O)[O-]. The van der Waals surface area contributed by atoms with Crippen molar-refractivity contribution in [2.24, 2.45) is 0 Å². The standard InChI is InChI=1S/C7H10O8S/c1-3-6(15-16(11,12)13)4(8)2-5(14-3)7(9)10/h2-4,6,8H,1H3,(H,9,10)(H,11,12,13)/p-2/t3-,4+,6?/m0/s1. The Labute approximate surface area is 91.0 Å². The lowest BCUT2D eigenvalue weighted by Crippen LogP contribution is -2.45. The minimum Gasteiger partial charge on any atom is -0.726 e. The molecular formula is C7H8O8S-2. The zero-order valence-electron chi connectivity index (χ0n) is 8.02. The number of carboxylic acid groups (broad SMARTS) is 1. The molecule has 0 saturated carbocycles. The van der Waals surface area contributed by atoms with Crippen LogP contribution in [0, 0.1) is 0 Å². The summed E-state index contributed by atoms with van der Waals surface area (Å²) in [6, 6.07) is 0. The van der Waals surface area contributed by atoms with Crippen molar-refractivity contribution in [1.29, 1.82) is 0 Å². The van der Waals surface area contributed by atoms with Crippen LogP contribution in [0.2, 0.25) is 0 Å². The molecule has 0 bridgehead atoms. The Bertz CT molecular complexity index is 410. The van der Waals surface area contributed by atoms with Gasteiger partial charge in [-0.3, -0.25) is 4.18 Å². The van der Waals surface area contributed by atoms with Gasteiger partial charge >= 0.3 is 0 Å². The van der Waals surface area contributed by atoms with E-state index in [0.29, 0.717) is 6.08 Å². The molecule has 1 heterocycles. The second kappa shape index (κ2) is 4.37. The second-order valence-electron chi connectivity index (χ2n) is 3.10. The average molecular weight is 252 g/mol. The van der Waals surface area contributed by atoms with Crippen molar-refractivity contribution in [3.63, 3.8) is 0 Å². The number of hydrogen-bond donors (Lipinski definition) is 1. The van der Waals surface area contributed by atoms with Crippen LogP contribution in [0.1, 0.15) is 6.92 Å². The Morgan fingerprint density at radius 2 is 2.19 bits per heavy atom. The molecule has 92 valence electrons. The molecule has 1 aliphatic rings. The normalized spacial score (nSPS) is 30.4. The molecule has 1 aliphatic heterocycles. The van der Waals surface area contributed by atoms with Crippen LogP contribution in [0.3, 0.4) is 0 Å². The predicted octanol–water partition coefficient (Wildman–Crippen LogP) is -2.75. The minimum absolute atomic E-state index is 0.636. The average Bonchev–Trinajstić information content (AvgIpc) is 2.09. The highest BCUT2D eigenvalue weighted by atomic mass is 32.3. The summed E-state index contributed by atoms with van der Waals surface area (Å²) in [5.74, 6) is -2.29. The van der Waals surface area contributed by atoms with Crippen molar-refractivity contribution in [1.82, 2.24) is 0 Å². The summed E-state index contributed by atoms with van der Waals surface area (Å²) in [5.41, 5.74) is 0. The van der Waals surface area contributed by atoms with Gasteiger partial charge in [0.2, 0.25) is 10.4 Å². The van der Waals surface area contributed by atoms with E-state index in [1.807, 2.05) is 0 Å². The molecule has 9 heteroatoms. The summed E-state index contributed by atoms with van der Waals surface area (Å²) in [5, 5.41) is 19.7. The number of carbonyl (C=O) groups is 1. The molecule has 1 N–H and O–H groups in total. The van der Waals surface area contributed by atoms with Gasteiger partial charge in [-0.05, 0) is 13.0 Å². The van der Waals surface area contributed by atoms with E-state index in [2.05, 4.69) is 8.92 Å². The Balaban J connectivity index is 2.88. The van der Waals surface area contributed by atoms with Gasteiger partial charge in [-0.25, -0.2) is 8.42 Å². The molecule has 1 unspecified atom stereocenters. The van der Waals surface area contributed by atoms with Crippen molar-refractivity contribution < 1.29 is 36.9 Å². The monoisotopic (exact) mass is 252 g/mol. The van der Waals surface area contributed by atoms with E-state index < -0.39 is 40.4 Å². The van der Waals surface area contributed by atoms with Gasteiger partial charge in [0.05, 0.1) is 0 Å². The number of aliphatic carboxylic acids is 1. The van der Waals surface area contributed by atoms with Crippen LogP contribution < -0.4 is 5.11 Å². The van der Waals surface area contributed by atoms with Crippen molar-refractivity contribution in [3.05, 3.63) is 11.8 Å². The predicted molar refractivity (Wildman–Crippen MR) is 44.2 cm³/mol. The number of carboxylic acids is 1. The van der Waals surface area contributed by atoms with Crippen molar-refractivity contribution in [2.75, 3.05) is 0 Å². The fraction of sp³-hybridized carbons (Fsp3) is 0.571. The first-order valence-electron chi connectivity index (χ1n) is 4.12. The number of carbonyl (C=O) groups excluding carboxylic acids is 1. The summed E-state index contributed by atoms with van der Waals surface area (Å²) in [6.45, 7) is 1.25. The van der Waals surface area contributed by atoms with Crippen LogP contribution in [0.4, 0.5) is 0 Å². The van der Waals surface area contributed by atoms with Crippen LogP contribution in [0.15, 0.2) is 11.8 Å². The van der Waals surface area contributed by atoms with Crippen LogP contribution in [-0.4, -0.2) is 42.4 Å². The Kier molecular flexibility index (Phi) is 3.53. The lowest BCUT2D eigenvalue weighted by atomic mass is 10.1. The molecule has 0 amide bonds. The molecule has 0 saturated heterocycles. The molecule has 8 nitrogen and oxygen atoms in total. The van der Waals surface area contributed by atoms with Gasteiger partial charge in [-0.1, -0.05) is 0 Å². The molecule has 1 rings (SSSR count). The number of aliphatic hydroxyl groups is 1. The third kappa shape index (κ3) is 3.17. The van der Waals surface area contributed by atoms with Crippen LogP contribution in [0.25, 0.3) is 0 Å². The largest absolute Gasteiger partial charge is 0.726 e. The first-order valence-corrected chi connectivity index (χ1v) is 5.46. The summed E-state index contributed by atoms with van der Waals surface area (Å²) in [4.78, 5) is 10.4. The summed E-state index contributed by atoms with van der Waals surface area (Å²) in [7, 11) is -5.01. The van der Waals surface area contributed by atoms with Crippen LogP contribution in [0.5, 0.6) is 0 Å². The molecule has 0 aromatic heterocycles. The highest BCUT2D eigenvalue weighted by Crippen LogP contribution is 2.21. The number of rotatable bonds is 3. The molecule has 0 radical (unpaired) electrons. The number of hydrogen-bond acceptors (Lipinski definition) is 8. The zero-order chi connectivity index (χ0) is 12.5. The molecule has 0 aromatic rings. The first-order chi connectivity index (χ1) is 7.20. The number of aliphatic hydroxyl groups excluding tert-OH is 1. The topological polar surface area (TPSA) is 136 Å². The molecule has 16 heavy (non-hydrogen) atoms. The maximum absolute atomic E-state index is 10.4. The second-order valence-corrected chi connectivity index (χ2v) is 4.11. The van der Waals surface area contributed by atoms with E-state index in [0.717, 1.165) is 0 Å².